The summed E-state index contributed by atoms with van der Waals surface area (Å²) in [5.41, 5.74) is 1.42. The minimum absolute atomic E-state index is 0.0453. The maximum atomic E-state index is 12.5. The zero-order chi connectivity index (χ0) is 14.8. The van der Waals surface area contributed by atoms with E-state index in [2.05, 4.69) is 0 Å². The maximum absolute atomic E-state index is 12.5. The standard InChI is InChI=1S/C15H12F3NO/c1-20-14(19)12-4-2-10(3-5-12)11-6-8-13(9-7-11)15(16,17)18/h2-9,19H,1H3. The van der Waals surface area contributed by atoms with E-state index >= 15 is 0 Å². The first-order valence-corrected chi connectivity index (χ1v) is 5.82. The Balaban J connectivity index is 2.26. The van der Waals surface area contributed by atoms with Gasteiger partial charge in [-0.15, -0.1) is 0 Å². The monoisotopic (exact) mass is 279 g/mol. The molecular weight excluding hydrogens is 267 g/mol. The summed E-state index contributed by atoms with van der Waals surface area (Å²) in [4.78, 5) is 0. The number of hydrogen-bond acceptors (Lipinski definition) is 2. The summed E-state index contributed by atoms with van der Waals surface area (Å²) in [5, 5.41) is 7.50. The van der Waals surface area contributed by atoms with Crippen molar-refractivity contribution >= 4 is 5.90 Å². The van der Waals surface area contributed by atoms with Crippen LogP contribution in [0, 0.1) is 5.41 Å². The predicted octanol–water partition coefficient (Wildman–Crippen LogP) is 4.34. The lowest BCUT2D eigenvalue weighted by Gasteiger charge is -2.08. The van der Waals surface area contributed by atoms with Gasteiger partial charge in [-0.2, -0.15) is 13.2 Å². The summed E-state index contributed by atoms with van der Waals surface area (Å²) in [6.45, 7) is 0. The minimum Gasteiger partial charge on any atom is -0.481 e. The van der Waals surface area contributed by atoms with E-state index in [0.29, 0.717) is 11.1 Å². The summed E-state index contributed by atoms with van der Waals surface area (Å²) in [6.07, 6.45) is -4.32. The smallest absolute Gasteiger partial charge is 0.416 e. The summed E-state index contributed by atoms with van der Waals surface area (Å²) >= 11 is 0. The van der Waals surface area contributed by atoms with Gasteiger partial charge in [0.2, 0.25) is 5.90 Å². The van der Waals surface area contributed by atoms with E-state index in [1.54, 1.807) is 24.3 Å². The van der Waals surface area contributed by atoms with Crippen molar-refractivity contribution in [3.8, 4) is 11.1 Å². The number of rotatable bonds is 2. The second kappa shape index (κ2) is 5.36. The fraction of sp³-hybridized carbons (Fsp3) is 0.133. The van der Waals surface area contributed by atoms with Crippen LogP contribution >= 0.6 is 0 Å². The average Bonchev–Trinajstić information content (AvgIpc) is 2.46. The van der Waals surface area contributed by atoms with Gasteiger partial charge in [0.1, 0.15) is 0 Å². The molecule has 0 aliphatic rings. The molecule has 2 rings (SSSR count). The molecular formula is C15H12F3NO. The van der Waals surface area contributed by atoms with Crippen molar-refractivity contribution in [2.45, 2.75) is 6.18 Å². The Bertz CT molecular complexity index is 601. The van der Waals surface area contributed by atoms with Crippen molar-refractivity contribution in [1.82, 2.24) is 0 Å². The third-order valence-corrected chi connectivity index (χ3v) is 2.90. The normalized spacial score (nSPS) is 11.2. The van der Waals surface area contributed by atoms with Crippen LogP contribution in [-0.4, -0.2) is 13.0 Å². The SMILES string of the molecule is COC(=N)c1ccc(-c2ccc(C(F)(F)F)cc2)cc1. The lowest BCUT2D eigenvalue weighted by molar-refractivity contribution is -0.137. The number of nitrogens with one attached hydrogen (secondary N) is 1. The lowest BCUT2D eigenvalue weighted by Crippen LogP contribution is -2.04. The van der Waals surface area contributed by atoms with Crippen LogP contribution in [0.4, 0.5) is 13.2 Å². The van der Waals surface area contributed by atoms with E-state index in [-0.39, 0.29) is 5.90 Å². The Hall–Kier alpha value is -2.30. The van der Waals surface area contributed by atoms with Gasteiger partial charge in [-0.3, -0.25) is 5.41 Å². The van der Waals surface area contributed by atoms with Gasteiger partial charge in [0, 0.05) is 5.56 Å². The molecule has 2 aromatic carbocycles. The Kier molecular flexibility index (Phi) is 3.79. The van der Waals surface area contributed by atoms with Crippen LogP contribution in [0.1, 0.15) is 11.1 Å². The van der Waals surface area contributed by atoms with Gasteiger partial charge in [0.15, 0.2) is 0 Å². The third kappa shape index (κ3) is 2.99. The lowest BCUT2D eigenvalue weighted by atomic mass is 10.0. The molecule has 0 aliphatic carbocycles. The van der Waals surface area contributed by atoms with Gasteiger partial charge in [-0.1, -0.05) is 24.3 Å². The van der Waals surface area contributed by atoms with Gasteiger partial charge in [-0.25, -0.2) is 0 Å². The Labute approximate surface area is 114 Å². The Morgan fingerprint density at radius 2 is 1.35 bits per heavy atom. The molecule has 0 bridgehead atoms. The predicted molar refractivity (Wildman–Crippen MR) is 70.7 cm³/mol. The first-order valence-electron chi connectivity index (χ1n) is 5.82. The van der Waals surface area contributed by atoms with Crippen molar-refractivity contribution in [2.24, 2.45) is 0 Å². The van der Waals surface area contributed by atoms with Crippen LogP contribution in [0.25, 0.3) is 11.1 Å². The second-order valence-corrected chi connectivity index (χ2v) is 4.19. The molecule has 0 saturated carbocycles. The fourth-order valence-corrected chi connectivity index (χ4v) is 1.78. The summed E-state index contributed by atoms with van der Waals surface area (Å²) in [5.74, 6) is 0.0453. The molecule has 0 atom stereocenters. The van der Waals surface area contributed by atoms with E-state index < -0.39 is 11.7 Å². The molecule has 1 N–H and O–H groups in total. The summed E-state index contributed by atoms with van der Waals surface area (Å²) in [7, 11) is 1.41. The number of benzene rings is 2. The van der Waals surface area contributed by atoms with Crippen molar-refractivity contribution in [1.29, 1.82) is 5.41 Å². The molecule has 0 fully saturated rings. The van der Waals surface area contributed by atoms with Crippen LogP contribution < -0.4 is 0 Å². The van der Waals surface area contributed by atoms with E-state index in [9.17, 15) is 13.2 Å². The fourth-order valence-electron chi connectivity index (χ4n) is 1.78. The molecule has 0 unspecified atom stereocenters. The third-order valence-electron chi connectivity index (χ3n) is 2.90. The Morgan fingerprint density at radius 1 is 0.900 bits per heavy atom. The molecule has 0 spiro atoms. The van der Waals surface area contributed by atoms with Crippen LogP contribution in [0.3, 0.4) is 0 Å². The van der Waals surface area contributed by atoms with Crippen molar-refractivity contribution in [3.05, 3.63) is 59.7 Å². The number of hydrogen-bond donors (Lipinski definition) is 1. The molecule has 0 saturated heterocycles. The summed E-state index contributed by atoms with van der Waals surface area (Å²) < 4.78 is 42.2. The van der Waals surface area contributed by atoms with Crippen molar-refractivity contribution in [3.63, 3.8) is 0 Å². The quantitative estimate of drug-likeness (QED) is 0.643. The molecule has 2 aromatic rings. The molecule has 2 nitrogen and oxygen atoms in total. The van der Waals surface area contributed by atoms with Gasteiger partial charge in [0.25, 0.3) is 0 Å². The van der Waals surface area contributed by atoms with Crippen molar-refractivity contribution < 1.29 is 17.9 Å². The molecule has 0 amide bonds. The topological polar surface area (TPSA) is 33.1 Å². The number of halogens is 3. The van der Waals surface area contributed by atoms with Crippen LogP contribution in [0.15, 0.2) is 48.5 Å². The van der Waals surface area contributed by atoms with Crippen LogP contribution in [-0.2, 0) is 10.9 Å². The highest BCUT2D eigenvalue weighted by molar-refractivity contribution is 5.92. The second-order valence-electron chi connectivity index (χ2n) is 4.19. The van der Waals surface area contributed by atoms with Crippen LogP contribution in [0.2, 0.25) is 0 Å². The number of alkyl halides is 3. The molecule has 5 heteroatoms. The maximum Gasteiger partial charge on any atom is 0.416 e. The highest BCUT2D eigenvalue weighted by Crippen LogP contribution is 2.31. The first kappa shape index (κ1) is 14.1. The largest absolute Gasteiger partial charge is 0.481 e. The highest BCUT2D eigenvalue weighted by atomic mass is 19.4. The van der Waals surface area contributed by atoms with Gasteiger partial charge < -0.3 is 4.74 Å². The molecule has 0 radical (unpaired) electrons. The number of ether oxygens (including phenoxy) is 1. The zero-order valence-corrected chi connectivity index (χ0v) is 10.7. The van der Waals surface area contributed by atoms with Crippen LogP contribution in [0.5, 0.6) is 0 Å². The molecule has 0 aliphatic heterocycles. The van der Waals surface area contributed by atoms with E-state index in [4.69, 9.17) is 10.1 Å². The number of methoxy groups -OCH3 is 1. The molecule has 0 aromatic heterocycles. The first-order chi connectivity index (χ1) is 9.41. The van der Waals surface area contributed by atoms with E-state index in [1.165, 1.54) is 19.2 Å². The minimum atomic E-state index is -4.32. The van der Waals surface area contributed by atoms with E-state index in [1.807, 2.05) is 0 Å². The van der Waals surface area contributed by atoms with Gasteiger partial charge in [-0.05, 0) is 35.4 Å². The van der Waals surface area contributed by atoms with Crippen molar-refractivity contribution in [2.75, 3.05) is 7.11 Å². The zero-order valence-electron chi connectivity index (χ0n) is 10.7. The van der Waals surface area contributed by atoms with Gasteiger partial charge in [0.05, 0.1) is 12.7 Å². The average molecular weight is 279 g/mol. The molecule has 20 heavy (non-hydrogen) atoms. The molecule has 0 heterocycles. The highest BCUT2D eigenvalue weighted by Gasteiger charge is 2.29. The Morgan fingerprint density at radius 3 is 1.75 bits per heavy atom. The van der Waals surface area contributed by atoms with E-state index in [0.717, 1.165) is 17.7 Å². The molecule has 104 valence electrons. The van der Waals surface area contributed by atoms with Gasteiger partial charge >= 0.3 is 6.18 Å². The summed E-state index contributed by atoms with van der Waals surface area (Å²) in [6, 6.07) is 11.8.